The molecule has 0 spiro atoms. The number of anilines is 1. The van der Waals surface area contributed by atoms with Crippen molar-refractivity contribution in [1.29, 1.82) is 0 Å². The molecule has 1 amide bonds. The van der Waals surface area contributed by atoms with Crippen LogP contribution in [-0.4, -0.2) is 36.3 Å². The minimum absolute atomic E-state index is 0.245. The van der Waals surface area contributed by atoms with Crippen LogP contribution in [0.25, 0.3) is 5.69 Å². The maximum atomic E-state index is 12.7. The van der Waals surface area contributed by atoms with Crippen molar-refractivity contribution in [3.63, 3.8) is 0 Å². The number of hydrogen-bond acceptors (Lipinski definition) is 3. The van der Waals surface area contributed by atoms with Gasteiger partial charge >= 0.3 is 0 Å². The molecule has 6 nitrogen and oxygen atoms in total. The van der Waals surface area contributed by atoms with Gasteiger partial charge in [0.25, 0.3) is 5.91 Å². The number of rotatable bonds is 5. The summed E-state index contributed by atoms with van der Waals surface area (Å²) in [6.45, 7) is 1.14. The molecule has 0 bridgehead atoms. The summed E-state index contributed by atoms with van der Waals surface area (Å²) >= 11 is 0. The van der Waals surface area contributed by atoms with Crippen LogP contribution in [-0.2, 0) is 10.0 Å². The highest BCUT2D eigenvalue weighted by atomic mass is 32.2. The molecule has 0 unspecified atom stereocenters. The molecule has 29 heavy (non-hydrogen) atoms. The molecule has 0 saturated carbocycles. The Kier molecular flexibility index (Phi) is 5.51. The van der Waals surface area contributed by atoms with Crippen molar-refractivity contribution in [2.24, 2.45) is 0 Å². The van der Waals surface area contributed by atoms with Crippen LogP contribution < -0.4 is 5.32 Å². The minimum atomic E-state index is -3.47. The Balaban J connectivity index is 1.48. The zero-order valence-electron chi connectivity index (χ0n) is 16.0. The number of carbonyl (C=O) groups is 1. The number of nitrogens with zero attached hydrogens (tertiary/aromatic N) is 2. The van der Waals surface area contributed by atoms with Crippen molar-refractivity contribution in [2.75, 3.05) is 18.4 Å². The van der Waals surface area contributed by atoms with Crippen molar-refractivity contribution in [2.45, 2.75) is 24.2 Å². The molecule has 1 N–H and O–H groups in total. The summed E-state index contributed by atoms with van der Waals surface area (Å²) in [4.78, 5) is 12.9. The summed E-state index contributed by atoms with van der Waals surface area (Å²) in [5.74, 6) is -0.245. The van der Waals surface area contributed by atoms with Crippen LogP contribution in [0.4, 0.5) is 5.69 Å². The lowest BCUT2D eigenvalue weighted by Gasteiger charge is -2.25. The third-order valence-corrected chi connectivity index (χ3v) is 6.99. The van der Waals surface area contributed by atoms with Crippen molar-refractivity contribution in [1.82, 2.24) is 8.87 Å². The lowest BCUT2D eigenvalue weighted by molar-refractivity contribution is 0.102. The molecule has 2 aromatic carbocycles. The minimum Gasteiger partial charge on any atom is -0.324 e. The van der Waals surface area contributed by atoms with Gasteiger partial charge in [-0.05, 0) is 67.4 Å². The summed E-state index contributed by atoms with van der Waals surface area (Å²) in [5, 5.41) is 2.83. The predicted octanol–water partition coefficient (Wildman–Crippen LogP) is 3.90. The van der Waals surface area contributed by atoms with E-state index in [-0.39, 0.29) is 10.8 Å². The van der Waals surface area contributed by atoms with Gasteiger partial charge in [-0.2, -0.15) is 4.31 Å². The number of piperidine rings is 1. The van der Waals surface area contributed by atoms with Crippen molar-refractivity contribution >= 4 is 21.6 Å². The Labute approximate surface area is 170 Å². The van der Waals surface area contributed by atoms with Crippen molar-refractivity contribution in [3.8, 4) is 5.69 Å². The summed E-state index contributed by atoms with van der Waals surface area (Å²) in [7, 11) is -3.47. The molecular formula is C22H23N3O3S. The van der Waals surface area contributed by atoms with Crippen LogP contribution >= 0.6 is 0 Å². The molecule has 1 aliphatic rings. The first-order chi connectivity index (χ1) is 14.0. The van der Waals surface area contributed by atoms with Gasteiger partial charge in [0, 0.05) is 42.4 Å². The van der Waals surface area contributed by atoms with Gasteiger partial charge < -0.3 is 9.88 Å². The Morgan fingerprint density at radius 1 is 0.862 bits per heavy atom. The zero-order chi connectivity index (χ0) is 20.3. The number of nitrogens with one attached hydrogen (secondary N) is 1. The average Bonchev–Trinajstić information content (AvgIpc) is 3.30. The molecule has 2 heterocycles. The lowest BCUT2D eigenvalue weighted by Crippen LogP contribution is -2.35. The first-order valence-corrected chi connectivity index (χ1v) is 11.1. The van der Waals surface area contributed by atoms with Crippen LogP contribution in [0, 0.1) is 0 Å². The number of benzene rings is 2. The van der Waals surface area contributed by atoms with Crippen LogP contribution in [0.5, 0.6) is 0 Å². The molecule has 1 aromatic heterocycles. The maximum Gasteiger partial charge on any atom is 0.255 e. The highest BCUT2D eigenvalue weighted by Gasteiger charge is 2.25. The van der Waals surface area contributed by atoms with E-state index in [0.717, 1.165) is 24.9 Å². The van der Waals surface area contributed by atoms with Crippen LogP contribution in [0.15, 0.2) is 78.0 Å². The molecule has 0 aliphatic carbocycles. The van der Waals surface area contributed by atoms with E-state index in [1.165, 1.54) is 4.31 Å². The molecule has 7 heteroatoms. The van der Waals surface area contributed by atoms with E-state index in [1.54, 1.807) is 30.3 Å². The zero-order valence-corrected chi connectivity index (χ0v) is 16.8. The van der Waals surface area contributed by atoms with Gasteiger partial charge in [-0.3, -0.25) is 4.79 Å². The molecule has 1 saturated heterocycles. The monoisotopic (exact) mass is 409 g/mol. The number of hydrogen-bond donors (Lipinski definition) is 1. The molecule has 0 radical (unpaired) electrons. The third-order valence-electron chi connectivity index (χ3n) is 5.08. The van der Waals surface area contributed by atoms with Crippen LogP contribution in [0.2, 0.25) is 0 Å². The summed E-state index contributed by atoms with van der Waals surface area (Å²) in [6.07, 6.45) is 6.70. The Morgan fingerprint density at radius 2 is 1.55 bits per heavy atom. The lowest BCUT2D eigenvalue weighted by atomic mass is 10.2. The summed E-state index contributed by atoms with van der Waals surface area (Å²) in [6, 6.07) is 17.5. The molecule has 1 fully saturated rings. The van der Waals surface area contributed by atoms with Crippen molar-refractivity contribution in [3.05, 3.63) is 78.6 Å². The van der Waals surface area contributed by atoms with E-state index in [2.05, 4.69) is 5.32 Å². The summed E-state index contributed by atoms with van der Waals surface area (Å²) < 4.78 is 28.9. The Bertz CT molecular complexity index is 1080. The molecular weight excluding hydrogens is 386 g/mol. The standard InChI is InChI=1S/C22H23N3O3S/c26-22(18-7-6-8-20(17-18)24-13-4-5-14-24)23-19-9-11-21(12-10-19)29(27,28)25-15-2-1-3-16-25/h4-14,17H,1-3,15-16H2,(H,23,26). The van der Waals surface area contributed by atoms with E-state index >= 15 is 0 Å². The second-order valence-electron chi connectivity index (χ2n) is 7.08. The van der Waals surface area contributed by atoms with E-state index < -0.39 is 10.0 Å². The maximum absolute atomic E-state index is 12.7. The number of carbonyl (C=O) groups excluding carboxylic acids is 1. The largest absolute Gasteiger partial charge is 0.324 e. The number of sulfonamides is 1. The number of amides is 1. The normalized spacial score (nSPS) is 15.2. The molecule has 150 valence electrons. The SMILES string of the molecule is O=C(Nc1ccc(S(=O)(=O)N2CCCCC2)cc1)c1cccc(-n2cccc2)c1. The molecule has 4 rings (SSSR count). The fraction of sp³-hybridized carbons (Fsp3) is 0.227. The van der Waals surface area contributed by atoms with Gasteiger partial charge in [-0.25, -0.2) is 8.42 Å². The Morgan fingerprint density at radius 3 is 2.24 bits per heavy atom. The van der Waals surface area contributed by atoms with Gasteiger partial charge in [0.05, 0.1) is 4.90 Å². The average molecular weight is 410 g/mol. The van der Waals surface area contributed by atoms with Gasteiger partial charge in [-0.15, -0.1) is 0 Å². The van der Waals surface area contributed by atoms with Crippen LogP contribution in [0.1, 0.15) is 29.6 Å². The fourth-order valence-corrected chi connectivity index (χ4v) is 5.00. The fourth-order valence-electron chi connectivity index (χ4n) is 3.48. The van der Waals surface area contributed by atoms with E-state index in [0.29, 0.717) is 24.3 Å². The van der Waals surface area contributed by atoms with Crippen molar-refractivity contribution < 1.29 is 13.2 Å². The first kappa shape index (κ1) is 19.4. The second-order valence-corrected chi connectivity index (χ2v) is 9.02. The first-order valence-electron chi connectivity index (χ1n) is 9.69. The van der Waals surface area contributed by atoms with E-state index in [9.17, 15) is 13.2 Å². The smallest absolute Gasteiger partial charge is 0.255 e. The van der Waals surface area contributed by atoms with Crippen LogP contribution in [0.3, 0.4) is 0 Å². The summed E-state index contributed by atoms with van der Waals surface area (Å²) in [5.41, 5.74) is 1.98. The topological polar surface area (TPSA) is 71.4 Å². The van der Waals surface area contributed by atoms with Gasteiger partial charge in [0.1, 0.15) is 0 Å². The third kappa shape index (κ3) is 4.26. The van der Waals surface area contributed by atoms with E-state index in [1.807, 2.05) is 47.3 Å². The van der Waals surface area contributed by atoms with Gasteiger partial charge in [-0.1, -0.05) is 12.5 Å². The number of aromatic nitrogens is 1. The quantitative estimate of drug-likeness (QED) is 0.695. The second kappa shape index (κ2) is 8.23. The van der Waals surface area contributed by atoms with E-state index in [4.69, 9.17) is 0 Å². The highest BCUT2D eigenvalue weighted by molar-refractivity contribution is 7.89. The van der Waals surface area contributed by atoms with Gasteiger partial charge in [0.2, 0.25) is 10.0 Å². The molecule has 0 atom stereocenters. The molecule has 3 aromatic rings. The highest BCUT2D eigenvalue weighted by Crippen LogP contribution is 2.22. The van der Waals surface area contributed by atoms with Gasteiger partial charge in [0.15, 0.2) is 0 Å². The molecule has 1 aliphatic heterocycles. The Hall–Kier alpha value is -2.90. The predicted molar refractivity (Wildman–Crippen MR) is 113 cm³/mol.